The summed E-state index contributed by atoms with van der Waals surface area (Å²) in [5, 5.41) is 7.01. The molecule has 0 spiro atoms. The summed E-state index contributed by atoms with van der Waals surface area (Å²) in [4.78, 5) is 11.9. The number of nitrogens with two attached hydrogens (primary N) is 1. The Balaban J connectivity index is 1.24. The van der Waals surface area contributed by atoms with Crippen molar-refractivity contribution >= 4 is 11.9 Å². The molecule has 174 valence electrons. The highest BCUT2D eigenvalue weighted by molar-refractivity contribution is 5.34. The average Bonchev–Trinajstić information content (AvgIpc) is 3.22. The van der Waals surface area contributed by atoms with E-state index in [-0.39, 0.29) is 0 Å². The maximum absolute atomic E-state index is 6.41. The normalized spacial score (nSPS) is 26.4. The standard InChI is InChI=1S/C24H37N7O/c1-17-3-5-19(6-4-17)11-21-16-32-22(14-29-12-18(2)13-29)15-31(21)20-7-9-30(10-8-20)24-26-23(25)27-28-24/h3-6,18,20-22H,7-16H2,1-2H3,(H3,25,26,27,28)/t21-,22?/m0/s1. The molecule has 5 rings (SSSR count). The Hall–Kier alpha value is -2.16. The largest absolute Gasteiger partial charge is 0.374 e. The minimum Gasteiger partial charge on any atom is -0.374 e. The van der Waals surface area contributed by atoms with E-state index in [1.54, 1.807) is 0 Å². The number of nitrogens with one attached hydrogen (secondary N) is 1. The minimum absolute atomic E-state index is 0.308. The van der Waals surface area contributed by atoms with Crippen molar-refractivity contribution in [2.45, 2.75) is 51.3 Å². The molecule has 8 heteroatoms. The summed E-state index contributed by atoms with van der Waals surface area (Å²) in [7, 11) is 0. The van der Waals surface area contributed by atoms with Crippen molar-refractivity contribution in [2.24, 2.45) is 5.92 Å². The van der Waals surface area contributed by atoms with E-state index >= 15 is 0 Å². The number of piperidine rings is 1. The van der Waals surface area contributed by atoms with E-state index in [1.165, 1.54) is 24.2 Å². The lowest BCUT2D eigenvalue weighted by atomic mass is 9.95. The molecular formula is C24H37N7O. The summed E-state index contributed by atoms with van der Waals surface area (Å²) in [5.41, 5.74) is 8.44. The van der Waals surface area contributed by atoms with Gasteiger partial charge in [0.05, 0.1) is 12.7 Å². The number of morpholine rings is 1. The first kappa shape index (κ1) is 21.7. The number of aromatic nitrogens is 3. The number of likely N-dealkylation sites (tertiary alicyclic amines) is 1. The molecule has 0 aliphatic carbocycles. The summed E-state index contributed by atoms with van der Waals surface area (Å²) in [6.07, 6.45) is 3.59. The van der Waals surface area contributed by atoms with Crippen molar-refractivity contribution in [2.75, 3.05) is 56.5 Å². The fraction of sp³-hybridized carbons (Fsp3) is 0.667. The molecule has 3 N–H and O–H groups in total. The van der Waals surface area contributed by atoms with Crippen molar-refractivity contribution < 1.29 is 4.74 Å². The van der Waals surface area contributed by atoms with E-state index in [9.17, 15) is 0 Å². The van der Waals surface area contributed by atoms with Crippen LogP contribution < -0.4 is 10.6 Å². The van der Waals surface area contributed by atoms with Gasteiger partial charge < -0.3 is 20.3 Å². The molecule has 1 aromatic carbocycles. The van der Waals surface area contributed by atoms with Crippen LogP contribution in [0.1, 0.15) is 30.9 Å². The highest BCUT2D eigenvalue weighted by Gasteiger charge is 2.37. The molecule has 2 aromatic rings. The molecule has 0 amide bonds. The lowest BCUT2D eigenvalue weighted by Gasteiger charge is -2.48. The Labute approximate surface area is 191 Å². The maximum atomic E-state index is 6.41. The molecule has 0 bridgehead atoms. The van der Waals surface area contributed by atoms with E-state index in [0.29, 0.717) is 24.1 Å². The van der Waals surface area contributed by atoms with Crippen LogP contribution >= 0.6 is 0 Å². The number of benzene rings is 1. The number of aryl methyl sites for hydroxylation is 1. The Morgan fingerprint density at radius 2 is 1.88 bits per heavy atom. The zero-order valence-electron chi connectivity index (χ0n) is 19.4. The van der Waals surface area contributed by atoms with Crippen LogP contribution in [-0.4, -0.2) is 89.0 Å². The van der Waals surface area contributed by atoms with Gasteiger partial charge in [-0.05, 0) is 37.7 Å². The van der Waals surface area contributed by atoms with Crippen LogP contribution in [0.5, 0.6) is 0 Å². The van der Waals surface area contributed by atoms with Gasteiger partial charge in [-0.2, -0.15) is 4.98 Å². The third-order valence-electron chi connectivity index (χ3n) is 7.31. The highest BCUT2D eigenvalue weighted by Crippen LogP contribution is 2.27. The fourth-order valence-electron chi connectivity index (χ4n) is 5.58. The predicted molar refractivity (Wildman–Crippen MR) is 127 cm³/mol. The predicted octanol–water partition coefficient (Wildman–Crippen LogP) is 1.93. The lowest BCUT2D eigenvalue weighted by molar-refractivity contribution is -0.0991. The van der Waals surface area contributed by atoms with Crippen LogP contribution in [0, 0.1) is 12.8 Å². The zero-order valence-corrected chi connectivity index (χ0v) is 19.4. The van der Waals surface area contributed by atoms with E-state index in [4.69, 9.17) is 10.5 Å². The zero-order chi connectivity index (χ0) is 22.1. The van der Waals surface area contributed by atoms with Gasteiger partial charge in [0.1, 0.15) is 0 Å². The summed E-state index contributed by atoms with van der Waals surface area (Å²) < 4.78 is 6.41. The van der Waals surface area contributed by atoms with Crippen molar-refractivity contribution in [1.82, 2.24) is 25.0 Å². The maximum Gasteiger partial charge on any atom is 0.246 e. The molecule has 1 aromatic heterocycles. The van der Waals surface area contributed by atoms with Crippen LogP contribution in [0.15, 0.2) is 24.3 Å². The summed E-state index contributed by atoms with van der Waals surface area (Å²) in [6, 6.07) is 9.99. The van der Waals surface area contributed by atoms with Gasteiger partial charge in [0.25, 0.3) is 0 Å². The number of rotatable bonds is 6. The van der Waals surface area contributed by atoms with Crippen LogP contribution in [0.25, 0.3) is 0 Å². The van der Waals surface area contributed by atoms with E-state index < -0.39 is 0 Å². The highest BCUT2D eigenvalue weighted by atomic mass is 16.5. The van der Waals surface area contributed by atoms with Gasteiger partial charge >= 0.3 is 0 Å². The topological polar surface area (TPSA) is 86.5 Å². The van der Waals surface area contributed by atoms with E-state index in [0.717, 1.165) is 63.9 Å². The number of nitrogens with zero attached hydrogens (tertiary/aromatic N) is 5. The third-order valence-corrected chi connectivity index (χ3v) is 7.31. The molecular weight excluding hydrogens is 402 g/mol. The number of anilines is 2. The quantitative estimate of drug-likeness (QED) is 0.711. The molecule has 3 aliphatic rings. The third kappa shape index (κ3) is 4.92. The SMILES string of the molecule is Cc1ccc(C[C@H]2COC(CN3CC(C)C3)CN2C2CCN(c3n[nH]c(N)n3)CC2)cc1. The minimum atomic E-state index is 0.308. The number of aromatic amines is 1. The van der Waals surface area contributed by atoms with Crippen LogP contribution in [0.2, 0.25) is 0 Å². The number of nitrogen functional groups attached to an aromatic ring is 1. The Kier molecular flexibility index (Phi) is 6.35. The van der Waals surface area contributed by atoms with Gasteiger partial charge in [0, 0.05) is 51.4 Å². The van der Waals surface area contributed by atoms with Crippen molar-refractivity contribution in [1.29, 1.82) is 0 Å². The van der Waals surface area contributed by atoms with Crippen molar-refractivity contribution in [3.63, 3.8) is 0 Å². The van der Waals surface area contributed by atoms with Gasteiger partial charge in [-0.15, -0.1) is 5.10 Å². The van der Waals surface area contributed by atoms with E-state index in [1.807, 2.05) is 0 Å². The second kappa shape index (κ2) is 9.37. The average molecular weight is 440 g/mol. The summed E-state index contributed by atoms with van der Waals surface area (Å²) in [6.45, 7) is 11.7. The van der Waals surface area contributed by atoms with Crippen molar-refractivity contribution in [3.05, 3.63) is 35.4 Å². The van der Waals surface area contributed by atoms with Crippen LogP contribution in [-0.2, 0) is 11.2 Å². The monoisotopic (exact) mass is 439 g/mol. The number of hydrogen-bond acceptors (Lipinski definition) is 7. The van der Waals surface area contributed by atoms with Crippen molar-refractivity contribution in [3.8, 4) is 0 Å². The van der Waals surface area contributed by atoms with Gasteiger partial charge in [0.15, 0.2) is 0 Å². The lowest BCUT2D eigenvalue weighted by Crippen LogP contribution is -2.60. The molecule has 32 heavy (non-hydrogen) atoms. The van der Waals surface area contributed by atoms with E-state index in [2.05, 4.69) is 68.0 Å². The first-order valence-corrected chi connectivity index (χ1v) is 12.1. The summed E-state index contributed by atoms with van der Waals surface area (Å²) >= 11 is 0. The number of hydrogen-bond donors (Lipinski definition) is 2. The molecule has 8 nitrogen and oxygen atoms in total. The molecule has 3 fully saturated rings. The molecule has 0 saturated carbocycles. The molecule has 1 unspecified atom stereocenters. The first-order valence-electron chi connectivity index (χ1n) is 12.1. The van der Waals surface area contributed by atoms with Crippen LogP contribution in [0.3, 0.4) is 0 Å². The molecule has 3 aliphatic heterocycles. The first-order chi connectivity index (χ1) is 15.5. The Morgan fingerprint density at radius 1 is 1.12 bits per heavy atom. The molecule has 0 radical (unpaired) electrons. The molecule has 2 atom stereocenters. The number of ether oxygens (including phenoxy) is 1. The van der Waals surface area contributed by atoms with Gasteiger partial charge in [-0.3, -0.25) is 4.90 Å². The smallest absolute Gasteiger partial charge is 0.246 e. The molecule has 3 saturated heterocycles. The second-order valence-corrected chi connectivity index (χ2v) is 10.1. The molecule has 4 heterocycles. The number of H-pyrrole nitrogens is 1. The fourth-order valence-corrected chi connectivity index (χ4v) is 5.58. The second-order valence-electron chi connectivity index (χ2n) is 10.1. The van der Waals surface area contributed by atoms with Gasteiger partial charge in [-0.1, -0.05) is 36.8 Å². The Morgan fingerprint density at radius 3 is 2.53 bits per heavy atom. The summed E-state index contributed by atoms with van der Waals surface area (Å²) in [5.74, 6) is 1.94. The van der Waals surface area contributed by atoms with Gasteiger partial charge in [0.2, 0.25) is 11.9 Å². The Bertz CT molecular complexity index is 871. The van der Waals surface area contributed by atoms with Gasteiger partial charge in [-0.25, -0.2) is 5.10 Å². The van der Waals surface area contributed by atoms with Crippen LogP contribution in [0.4, 0.5) is 11.9 Å².